The average molecular weight is 399 g/mol. The molecule has 0 spiro atoms. The summed E-state index contributed by atoms with van der Waals surface area (Å²) in [4.78, 5) is 4.00. The highest BCUT2D eigenvalue weighted by atomic mass is 35.5. The van der Waals surface area contributed by atoms with E-state index in [4.69, 9.17) is 11.6 Å². The van der Waals surface area contributed by atoms with Crippen LogP contribution in [0, 0.1) is 0 Å². The Bertz CT molecular complexity index is 687. The van der Waals surface area contributed by atoms with Crippen LogP contribution in [0.3, 0.4) is 0 Å². The van der Waals surface area contributed by atoms with Crippen LogP contribution < -0.4 is 20.1 Å². The van der Waals surface area contributed by atoms with E-state index in [-0.39, 0.29) is 12.3 Å². The molecule has 7 nitrogen and oxygen atoms in total. The van der Waals surface area contributed by atoms with E-state index in [9.17, 15) is 17.2 Å². The molecule has 142 valence electrons. The van der Waals surface area contributed by atoms with Gasteiger partial charge in [0.2, 0.25) is 10.0 Å². The molecule has 0 bridgehead atoms. The monoisotopic (exact) mass is 398 g/mol. The van der Waals surface area contributed by atoms with Gasteiger partial charge >= 0.3 is 6.61 Å². The molecule has 0 amide bonds. The molecule has 0 aliphatic rings. The van der Waals surface area contributed by atoms with Crippen molar-refractivity contribution in [3.63, 3.8) is 0 Å². The van der Waals surface area contributed by atoms with E-state index < -0.39 is 16.6 Å². The second kappa shape index (κ2) is 10.4. The number of halogens is 3. The third-order valence-electron chi connectivity index (χ3n) is 2.92. The van der Waals surface area contributed by atoms with E-state index in [1.54, 1.807) is 7.05 Å². The maximum Gasteiger partial charge on any atom is 0.387 e. The Morgan fingerprint density at radius 3 is 2.64 bits per heavy atom. The largest absolute Gasteiger partial charge is 0.434 e. The Morgan fingerprint density at radius 1 is 1.32 bits per heavy atom. The van der Waals surface area contributed by atoms with E-state index >= 15 is 0 Å². The standard InChI is InChI=1S/C14H21ClF2N4O3S/c1-18-14(19-6-3-7-21-25(2,22)23)20-9-10-8-11(15)4-5-12(10)24-13(16)17/h4-5,8,13,21H,3,6-7,9H2,1-2H3,(H2,18,19,20). The molecular formula is C14H21ClF2N4O3S. The topological polar surface area (TPSA) is 91.8 Å². The second-order valence-electron chi connectivity index (χ2n) is 5.00. The summed E-state index contributed by atoms with van der Waals surface area (Å²) in [6.45, 7) is -1.99. The fourth-order valence-corrected chi connectivity index (χ4v) is 2.56. The lowest BCUT2D eigenvalue weighted by Crippen LogP contribution is -2.38. The van der Waals surface area contributed by atoms with Crippen LogP contribution in [0.25, 0.3) is 0 Å². The van der Waals surface area contributed by atoms with Crippen LogP contribution in [0.1, 0.15) is 12.0 Å². The highest BCUT2D eigenvalue weighted by molar-refractivity contribution is 7.88. The number of sulfonamides is 1. The fourth-order valence-electron chi connectivity index (χ4n) is 1.85. The molecule has 25 heavy (non-hydrogen) atoms. The van der Waals surface area contributed by atoms with E-state index in [0.29, 0.717) is 36.1 Å². The van der Waals surface area contributed by atoms with Gasteiger partial charge in [-0.15, -0.1) is 0 Å². The Balaban J connectivity index is 2.50. The number of nitrogens with zero attached hydrogens (tertiary/aromatic N) is 1. The summed E-state index contributed by atoms with van der Waals surface area (Å²) in [7, 11) is -1.65. The van der Waals surface area contributed by atoms with Gasteiger partial charge in [-0.3, -0.25) is 4.99 Å². The summed E-state index contributed by atoms with van der Waals surface area (Å²) in [6, 6.07) is 4.36. The molecular weight excluding hydrogens is 378 g/mol. The molecule has 0 fully saturated rings. The van der Waals surface area contributed by atoms with Crippen molar-refractivity contribution in [2.45, 2.75) is 19.6 Å². The predicted molar refractivity (Wildman–Crippen MR) is 93.7 cm³/mol. The van der Waals surface area contributed by atoms with Gasteiger partial charge in [0, 0.05) is 37.3 Å². The Labute approximate surface area is 150 Å². The number of rotatable bonds is 9. The van der Waals surface area contributed by atoms with E-state index in [0.717, 1.165) is 6.26 Å². The number of alkyl halides is 2. The summed E-state index contributed by atoms with van der Waals surface area (Å²) in [6.07, 6.45) is 1.63. The molecule has 0 heterocycles. The first-order valence-corrected chi connectivity index (χ1v) is 9.60. The maximum atomic E-state index is 12.4. The van der Waals surface area contributed by atoms with Gasteiger partial charge in [0.1, 0.15) is 5.75 Å². The number of hydrogen-bond acceptors (Lipinski definition) is 4. The van der Waals surface area contributed by atoms with Crippen molar-refractivity contribution in [2.24, 2.45) is 4.99 Å². The molecule has 0 saturated heterocycles. The van der Waals surface area contributed by atoms with Crippen LogP contribution >= 0.6 is 11.6 Å². The van der Waals surface area contributed by atoms with Gasteiger partial charge in [-0.2, -0.15) is 8.78 Å². The van der Waals surface area contributed by atoms with E-state index in [2.05, 4.69) is 25.1 Å². The summed E-state index contributed by atoms with van der Waals surface area (Å²) in [5, 5.41) is 6.33. The molecule has 0 radical (unpaired) electrons. The quantitative estimate of drug-likeness (QED) is 0.333. The zero-order valence-corrected chi connectivity index (χ0v) is 15.4. The summed E-state index contributed by atoms with van der Waals surface area (Å²) < 4.78 is 53.6. The minimum absolute atomic E-state index is 0.0275. The zero-order valence-electron chi connectivity index (χ0n) is 13.9. The molecule has 1 rings (SSSR count). The third-order valence-corrected chi connectivity index (χ3v) is 3.88. The minimum Gasteiger partial charge on any atom is -0.434 e. The summed E-state index contributed by atoms with van der Waals surface area (Å²) in [5.41, 5.74) is 0.453. The van der Waals surface area contributed by atoms with Gasteiger partial charge < -0.3 is 15.4 Å². The Morgan fingerprint density at radius 2 is 2.04 bits per heavy atom. The Hall–Kier alpha value is -1.65. The molecule has 0 saturated carbocycles. The molecule has 0 aliphatic heterocycles. The number of benzene rings is 1. The van der Waals surface area contributed by atoms with Crippen molar-refractivity contribution in [1.82, 2.24) is 15.4 Å². The molecule has 0 unspecified atom stereocenters. The normalized spacial score (nSPS) is 12.3. The second-order valence-corrected chi connectivity index (χ2v) is 7.27. The van der Waals surface area contributed by atoms with E-state index in [1.165, 1.54) is 18.2 Å². The number of hydrogen-bond donors (Lipinski definition) is 3. The lowest BCUT2D eigenvalue weighted by molar-refractivity contribution is -0.0504. The van der Waals surface area contributed by atoms with Crippen molar-refractivity contribution >= 4 is 27.6 Å². The highest BCUT2D eigenvalue weighted by Gasteiger charge is 2.11. The molecule has 11 heteroatoms. The van der Waals surface area contributed by atoms with Crippen LogP contribution in [0.5, 0.6) is 5.75 Å². The van der Waals surface area contributed by atoms with Gasteiger partial charge in [-0.1, -0.05) is 11.6 Å². The molecule has 1 aromatic rings. The lowest BCUT2D eigenvalue weighted by Gasteiger charge is -2.15. The van der Waals surface area contributed by atoms with Crippen LogP contribution in [0.15, 0.2) is 23.2 Å². The minimum atomic E-state index is -3.21. The zero-order chi connectivity index (χ0) is 18.9. The summed E-state index contributed by atoms with van der Waals surface area (Å²) in [5.74, 6) is 0.460. The molecule has 0 aromatic heterocycles. The number of ether oxygens (including phenoxy) is 1. The van der Waals surface area contributed by atoms with Crippen LogP contribution in [0.2, 0.25) is 5.02 Å². The van der Waals surface area contributed by atoms with Gasteiger partial charge in [0.25, 0.3) is 0 Å². The Kier molecular flexibility index (Phi) is 8.87. The van der Waals surface area contributed by atoms with Gasteiger partial charge in [-0.05, 0) is 24.6 Å². The van der Waals surface area contributed by atoms with Crippen LogP contribution in [0.4, 0.5) is 8.78 Å². The number of guanidine groups is 1. The first kappa shape index (κ1) is 21.4. The predicted octanol–water partition coefficient (Wildman–Crippen LogP) is 1.55. The molecule has 0 atom stereocenters. The highest BCUT2D eigenvalue weighted by Crippen LogP contribution is 2.24. The van der Waals surface area contributed by atoms with E-state index in [1.807, 2.05) is 0 Å². The van der Waals surface area contributed by atoms with Crippen LogP contribution in [-0.4, -0.2) is 47.4 Å². The first-order chi connectivity index (χ1) is 11.7. The van der Waals surface area contributed by atoms with Gasteiger partial charge in [-0.25, -0.2) is 13.1 Å². The van der Waals surface area contributed by atoms with Crippen molar-refractivity contribution in [3.05, 3.63) is 28.8 Å². The number of nitrogens with one attached hydrogen (secondary N) is 3. The smallest absolute Gasteiger partial charge is 0.387 e. The SMILES string of the molecule is CN=C(NCCCNS(C)(=O)=O)NCc1cc(Cl)ccc1OC(F)F. The van der Waals surface area contributed by atoms with Gasteiger partial charge in [0.15, 0.2) is 5.96 Å². The maximum absolute atomic E-state index is 12.4. The van der Waals surface area contributed by atoms with Crippen molar-refractivity contribution in [2.75, 3.05) is 26.4 Å². The molecule has 0 aliphatic carbocycles. The van der Waals surface area contributed by atoms with Crippen molar-refractivity contribution in [3.8, 4) is 5.75 Å². The molecule has 1 aromatic carbocycles. The average Bonchev–Trinajstić information content (AvgIpc) is 2.50. The molecule has 3 N–H and O–H groups in total. The first-order valence-electron chi connectivity index (χ1n) is 7.33. The van der Waals surface area contributed by atoms with Crippen molar-refractivity contribution in [1.29, 1.82) is 0 Å². The van der Waals surface area contributed by atoms with Crippen molar-refractivity contribution < 1.29 is 21.9 Å². The number of aliphatic imine (C=N–C) groups is 1. The van der Waals surface area contributed by atoms with Gasteiger partial charge in [0.05, 0.1) is 6.26 Å². The lowest BCUT2D eigenvalue weighted by atomic mass is 10.2. The fraction of sp³-hybridized carbons (Fsp3) is 0.500. The summed E-state index contributed by atoms with van der Waals surface area (Å²) >= 11 is 5.88. The van der Waals surface area contributed by atoms with Crippen LogP contribution in [-0.2, 0) is 16.6 Å². The third kappa shape index (κ3) is 9.42.